The van der Waals surface area contributed by atoms with Crippen molar-refractivity contribution in [2.24, 2.45) is 0 Å². The number of hydrogen-bond donors (Lipinski definition) is 0. The SMILES string of the molecule is [O]c1ccc(-n2ccccc2=O)cn1. The third-order valence-corrected chi connectivity index (χ3v) is 1.82. The second-order valence-electron chi connectivity index (χ2n) is 2.76. The molecule has 69 valence electrons. The molecule has 2 heterocycles. The van der Waals surface area contributed by atoms with Gasteiger partial charge in [-0.2, -0.15) is 0 Å². The molecule has 0 aliphatic carbocycles. The summed E-state index contributed by atoms with van der Waals surface area (Å²) in [6, 6.07) is 7.75. The smallest absolute Gasteiger partial charge is 0.269 e. The van der Waals surface area contributed by atoms with Crippen molar-refractivity contribution in [2.75, 3.05) is 0 Å². The maximum absolute atomic E-state index is 11.4. The summed E-state index contributed by atoms with van der Waals surface area (Å²) in [7, 11) is 0. The minimum absolute atomic E-state index is 0.145. The fourth-order valence-electron chi connectivity index (χ4n) is 1.16. The summed E-state index contributed by atoms with van der Waals surface area (Å²) >= 11 is 0. The molecule has 2 aromatic rings. The highest BCUT2D eigenvalue weighted by atomic mass is 16.3. The molecular weight excluding hydrogens is 180 g/mol. The molecule has 0 N–H and O–H groups in total. The zero-order valence-corrected chi connectivity index (χ0v) is 7.25. The molecule has 0 spiro atoms. The molecule has 0 saturated heterocycles. The summed E-state index contributed by atoms with van der Waals surface area (Å²) in [5, 5.41) is 10.7. The minimum Gasteiger partial charge on any atom is -0.283 e. The van der Waals surface area contributed by atoms with E-state index in [-0.39, 0.29) is 11.4 Å². The van der Waals surface area contributed by atoms with Gasteiger partial charge in [0.25, 0.3) is 11.4 Å². The van der Waals surface area contributed by atoms with Gasteiger partial charge in [-0.1, -0.05) is 6.07 Å². The molecule has 4 heteroatoms. The van der Waals surface area contributed by atoms with Crippen molar-refractivity contribution in [1.82, 2.24) is 9.55 Å². The highest BCUT2D eigenvalue weighted by Crippen LogP contribution is 2.08. The van der Waals surface area contributed by atoms with Crippen LogP contribution in [0.25, 0.3) is 5.69 Å². The van der Waals surface area contributed by atoms with Crippen molar-refractivity contribution >= 4 is 0 Å². The van der Waals surface area contributed by atoms with Crippen molar-refractivity contribution in [3.05, 3.63) is 53.1 Å². The second kappa shape index (κ2) is 3.33. The fraction of sp³-hybridized carbons (Fsp3) is 0. The van der Waals surface area contributed by atoms with Gasteiger partial charge in [0.05, 0.1) is 11.9 Å². The molecule has 0 amide bonds. The molecular formula is C10H7N2O2. The van der Waals surface area contributed by atoms with Gasteiger partial charge in [0.1, 0.15) is 0 Å². The van der Waals surface area contributed by atoms with E-state index in [9.17, 15) is 9.90 Å². The molecule has 0 aliphatic heterocycles. The fourth-order valence-corrected chi connectivity index (χ4v) is 1.16. The van der Waals surface area contributed by atoms with Crippen molar-refractivity contribution in [2.45, 2.75) is 0 Å². The minimum atomic E-state index is -0.308. The van der Waals surface area contributed by atoms with E-state index in [1.165, 1.54) is 22.9 Å². The van der Waals surface area contributed by atoms with E-state index in [4.69, 9.17) is 0 Å². The Labute approximate surface area is 80.1 Å². The first kappa shape index (κ1) is 8.50. The van der Waals surface area contributed by atoms with Gasteiger partial charge < -0.3 is 0 Å². The normalized spacial score (nSPS) is 10.0. The van der Waals surface area contributed by atoms with E-state index in [1.807, 2.05) is 0 Å². The Morgan fingerprint density at radius 2 is 2.00 bits per heavy atom. The van der Waals surface area contributed by atoms with Crippen LogP contribution in [-0.4, -0.2) is 9.55 Å². The molecule has 0 atom stereocenters. The first-order chi connectivity index (χ1) is 6.77. The van der Waals surface area contributed by atoms with Gasteiger partial charge in [0.15, 0.2) is 0 Å². The number of rotatable bonds is 1. The first-order valence-electron chi connectivity index (χ1n) is 4.08. The lowest BCUT2D eigenvalue weighted by Crippen LogP contribution is -2.15. The first-order valence-corrected chi connectivity index (χ1v) is 4.08. The van der Waals surface area contributed by atoms with Crippen molar-refractivity contribution in [1.29, 1.82) is 0 Å². The lowest BCUT2D eigenvalue weighted by molar-refractivity contribution is 0.337. The third-order valence-electron chi connectivity index (χ3n) is 1.82. The highest BCUT2D eigenvalue weighted by molar-refractivity contribution is 5.31. The van der Waals surface area contributed by atoms with Gasteiger partial charge in [-0.25, -0.2) is 4.98 Å². The Hall–Kier alpha value is -2.10. The van der Waals surface area contributed by atoms with Crippen molar-refractivity contribution in [3.8, 4) is 11.6 Å². The summed E-state index contributed by atoms with van der Waals surface area (Å²) in [5.74, 6) is -0.308. The Morgan fingerprint density at radius 1 is 1.14 bits per heavy atom. The number of nitrogens with zero attached hydrogens (tertiary/aromatic N) is 2. The van der Waals surface area contributed by atoms with Crippen LogP contribution in [0.2, 0.25) is 0 Å². The molecule has 1 radical (unpaired) electrons. The van der Waals surface area contributed by atoms with Crippen LogP contribution in [0.4, 0.5) is 0 Å². The van der Waals surface area contributed by atoms with Crippen LogP contribution in [0.5, 0.6) is 5.88 Å². The summed E-state index contributed by atoms with van der Waals surface area (Å²) in [5.41, 5.74) is 0.447. The monoisotopic (exact) mass is 187 g/mol. The molecule has 0 unspecified atom stereocenters. The zero-order chi connectivity index (χ0) is 9.97. The molecule has 0 aliphatic rings. The standard InChI is InChI=1S/C10H7N2O2/c13-9-5-4-8(7-11-9)12-6-2-1-3-10(12)14/h1-7H. The zero-order valence-electron chi connectivity index (χ0n) is 7.25. The van der Waals surface area contributed by atoms with E-state index < -0.39 is 0 Å². The van der Waals surface area contributed by atoms with Crippen LogP contribution in [0, 0.1) is 0 Å². The van der Waals surface area contributed by atoms with E-state index in [1.54, 1.807) is 24.4 Å². The summed E-state index contributed by atoms with van der Waals surface area (Å²) in [6.45, 7) is 0. The Kier molecular flexibility index (Phi) is 2.02. The Morgan fingerprint density at radius 3 is 2.64 bits per heavy atom. The van der Waals surface area contributed by atoms with Crippen LogP contribution in [-0.2, 0) is 5.11 Å². The van der Waals surface area contributed by atoms with Crippen LogP contribution in [0.15, 0.2) is 47.5 Å². The molecule has 14 heavy (non-hydrogen) atoms. The summed E-state index contributed by atoms with van der Waals surface area (Å²) in [4.78, 5) is 14.9. The number of hydrogen-bond acceptors (Lipinski definition) is 2. The van der Waals surface area contributed by atoms with E-state index in [0.29, 0.717) is 5.69 Å². The van der Waals surface area contributed by atoms with E-state index in [2.05, 4.69) is 4.98 Å². The Bertz CT molecular complexity index is 488. The number of pyridine rings is 2. The average Bonchev–Trinajstić information content (AvgIpc) is 2.20. The predicted molar refractivity (Wildman–Crippen MR) is 50.0 cm³/mol. The largest absolute Gasteiger partial charge is 0.283 e. The lowest BCUT2D eigenvalue weighted by atomic mass is 10.4. The Balaban J connectivity index is 2.56. The highest BCUT2D eigenvalue weighted by Gasteiger charge is 1.98. The quantitative estimate of drug-likeness (QED) is 0.677. The molecule has 2 aromatic heterocycles. The topological polar surface area (TPSA) is 54.8 Å². The average molecular weight is 187 g/mol. The van der Waals surface area contributed by atoms with Gasteiger partial charge >= 0.3 is 0 Å². The van der Waals surface area contributed by atoms with Gasteiger partial charge in [-0.05, 0) is 12.1 Å². The molecule has 0 fully saturated rings. The molecule has 4 nitrogen and oxygen atoms in total. The molecule has 2 rings (SSSR count). The predicted octanol–water partition coefficient (Wildman–Crippen LogP) is 1.38. The molecule has 0 saturated carbocycles. The summed E-state index contributed by atoms with van der Waals surface area (Å²) in [6.07, 6.45) is 3.01. The maximum atomic E-state index is 11.4. The summed E-state index contributed by atoms with van der Waals surface area (Å²) < 4.78 is 1.42. The third kappa shape index (κ3) is 1.50. The van der Waals surface area contributed by atoms with Crippen LogP contribution in [0.3, 0.4) is 0 Å². The molecule has 0 aromatic carbocycles. The van der Waals surface area contributed by atoms with Crippen LogP contribution < -0.4 is 5.56 Å². The number of aromatic nitrogens is 2. The van der Waals surface area contributed by atoms with Crippen LogP contribution >= 0.6 is 0 Å². The van der Waals surface area contributed by atoms with Crippen LogP contribution in [0.1, 0.15) is 0 Å². The van der Waals surface area contributed by atoms with Crippen molar-refractivity contribution < 1.29 is 5.11 Å². The van der Waals surface area contributed by atoms with E-state index in [0.717, 1.165) is 0 Å². The van der Waals surface area contributed by atoms with Gasteiger partial charge in [-0.3, -0.25) is 14.5 Å². The maximum Gasteiger partial charge on any atom is 0.269 e. The lowest BCUT2D eigenvalue weighted by Gasteiger charge is -2.02. The van der Waals surface area contributed by atoms with Gasteiger partial charge in [-0.15, -0.1) is 0 Å². The second-order valence-corrected chi connectivity index (χ2v) is 2.76. The van der Waals surface area contributed by atoms with Crippen molar-refractivity contribution in [3.63, 3.8) is 0 Å². The molecule has 0 bridgehead atoms. The van der Waals surface area contributed by atoms with Gasteiger partial charge in [0.2, 0.25) is 0 Å². The van der Waals surface area contributed by atoms with Gasteiger partial charge in [0, 0.05) is 18.3 Å². The van der Waals surface area contributed by atoms with E-state index >= 15 is 0 Å².